The summed E-state index contributed by atoms with van der Waals surface area (Å²) < 4.78 is 36.8. The summed E-state index contributed by atoms with van der Waals surface area (Å²) in [6, 6.07) is 0. The van der Waals surface area contributed by atoms with E-state index in [1.54, 1.807) is 0 Å². The van der Waals surface area contributed by atoms with Crippen molar-refractivity contribution in [3.8, 4) is 0 Å². The van der Waals surface area contributed by atoms with Gasteiger partial charge < -0.3 is 10.6 Å². The van der Waals surface area contributed by atoms with Gasteiger partial charge in [0.05, 0.1) is 6.54 Å². The highest BCUT2D eigenvalue weighted by molar-refractivity contribution is 5.85. The Kier molecular flexibility index (Phi) is 9.69. The second kappa shape index (κ2) is 9.80. The lowest BCUT2D eigenvalue weighted by atomic mass is 10.0. The van der Waals surface area contributed by atoms with Crippen LogP contribution in [0.5, 0.6) is 0 Å². The fourth-order valence-electron chi connectivity index (χ4n) is 2.96. The van der Waals surface area contributed by atoms with E-state index in [0.29, 0.717) is 32.0 Å². The van der Waals surface area contributed by atoms with Crippen LogP contribution in [0.2, 0.25) is 0 Å². The minimum atomic E-state index is -4.13. The number of carbonyl (C=O) groups is 1. The van der Waals surface area contributed by atoms with Gasteiger partial charge >= 0.3 is 6.18 Å². The van der Waals surface area contributed by atoms with Crippen LogP contribution in [0.15, 0.2) is 0 Å². The Morgan fingerprint density at radius 3 is 2.55 bits per heavy atom. The third-order valence-electron chi connectivity index (χ3n) is 4.00. The molecule has 2 heterocycles. The van der Waals surface area contributed by atoms with Gasteiger partial charge in [-0.05, 0) is 44.3 Å². The van der Waals surface area contributed by atoms with Crippen molar-refractivity contribution in [3.05, 3.63) is 0 Å². The number of hydrogen-bond acceptors (Lipinski definition) is 3. The third-order valence-corrected chi connectivity index (χ3v) is 4.00. The van der Waals surface area contributed by atoms with E-state index < -0.39 is 12.7 Å². The van der Waals surface area contributed by atoms with Crippen LogP contribution in [0, 0.1) is 11.8 Å². The molecule has 2 aliphatic heterocycles. The molecule has 0 radical (unpaired) electrons. The Morgan fingerprint density at radius 1 is 1.23 bits per heavy atom. The first-order valence-electron chi connectivity index (χ1n) is 7.19. The van der Waals surface area contributed by atoms with Gasteiger partial charge in [-0.15, -0.1) is 24.8 Å². The number of nitrogens with zero attached hydrogens (tertiary/aromatic N) is 1. The van der Waals surface area contributed by atoms with Gasteiger partial charge in [0.2, 0.25) is 5.91 Å². The standard InChI is InChI=1S/C13H22F3N3O.2ClH/c14-13(15,16)9-19-4-2-11(8-19)7-18-12(20)5-10-1-3-17-6-10;;/h10-11,17H,1-9H2,(H,18,20);2*1H. The number of carbonyl (C=O) groups excluding carboxylic acids is 1. The van der Waals surface area contributed by atoms with Gasteiger partial charge in [-0.1, -0.05) is 0 Å². The van der Waals surface area contributed by atoms with Crippen LogP contribution in [0.25, 0.3) is 0 Å². The lowest BCUT2D eigenvalue weighted by Crippen LogP contribution is -2.35. The number of nitrogens with one attached hydrogen (secondary N) is 2. The Balaban J connectivity index is 0.00000220. The summed E-state index contributed by atoms with van der Waals surface area (Å²) in [5.41, 5.74) is 0. The normalized spacial score (nSPS) is 25.4. The lowest BCUT2D eigenvalue weighted by Gasteiger charge is -2.18. The zero-order valence-corrected chi connectivity index (χ0v) is 14.0. The molecule has 132 valence electrons. The fourth-order valence-corrected chi connectivity index (χ4v) is 2.96. The highest BCUT2D eigenvalue weighted by atomic mass is 35.5. The van der Waals surface area contributed by atoms with E-state index in [-0.39, 0.29) is 36.6 Å². The summed E-state index contributed by atoms with van der Waals surface area (Å²) in [4.78, 5) is 13.1. The van der Waals surface area contributed by atoms with Crippen molar-refractivity contribution in [2.45, 2.75) is 25.4 Å². The first-order chi connectivity index (χ1) is 9.42. The van der Waals surface area contributed by atoms with Crippen molar-refractivity contribution in [1.29, 1.82) is 0 Å². The topological polar surface area (TPSA) is 44.4 Å². The van der Waals surface area contributed by atoms with Crippen molar-refractivity contribution in [2.24, 2.45) is 11.8 Å². The molecule has 2 unspecified atom stereocenters. The summed E-state index contributed by atoms with van der Waals surface area (Å²) >= 11 is 0. The molecule has 4 nitrogen and oxygen atoms in total. The van der Waals surface area contributed by atoms with Crippen LogP contribution in [-0.2, 0) is 4.79 Å². The Morgan fingerprint density at radius 2 is 1.95 bits per heavy atom. The Labute approximate surface area is 141 Å². The van der Waals surface area contributed by atoms with Crippen LogP contribution in [0.4, 0.5) is 13.2 Å². The fraction of sp³-hybridized carbons (Fsp3) is 0.923. The molecule has 1 amide bonds. The van der Waals surface area contributed by atoms with E-state index in [9.17, 15) is 18.0 Å². The maximum absolute atomic E-state index is 12.3. The average Bonchev–Trinajstić information content (AvgIpc) is 2.96. The quantitative estimate of drug-likeness (QED) is 0.781. The smallest absolute Gasteiger partial charge is 0.356 e. The number of amides is 1. The summed E-state index contributed by atoms with van der Waals surface area (Å²) in [5.74, 6) is 0.566. The zero-order valence-electron chi connectivity index (χ0n) is 12.3. The van der Waals surface area contributed by atoms with Crippen molar-refractivity contribution in [3.63, 3.8) is 0 Å². The van der Waals surface area contributed by atoms with Crippen LogP contribution < -0.4 is 10.6 Å². The molecular weight excluding hydrogens is 342 g/mol. The molecule has 0 saturated carbocycles. The molecule has 2 N–H and O–H groups in total. The molecule has 0 aliphatic carbocycles. The maximum atomic E-state index is 12.3. The Hall–Kier alpha value is -0.240. The maximum Gasteiger partial charge on any atom is 0.401 e. The molecule has 0 spiro atoms. The number of likely N-dealkylation sites (tertiary alicyclic amines) is 1. The molecule has 0 aromatic carbocycles. The molecule has 9 heteroatoms. The molecule has 0 aromatic rings. The molecule has 2 fully saturated rings. The molecule has 22 heavy (non-hydrogen) atoms. The summed E-state index contributed by atoms with van der Waals surface area (Å²) in [6.45, 7) is 2.39. The number of rotatable bonds is 5. The van der Waals surface area contributed by atoms with Crippen molar-refractivity contribution >= 4 is 30.7 Å². The van der Waals surface area contributed by atoms with Crippen LogP contribution in [0.1, 0.15) is 19.3 Å². The number of halogens is 5. The molecule has 2 saturated heterocycles. The SMILES string of the molecule is Cl.Cl.O=C(CC1CCNC1)NCC1CCN(CC(F)(F)F)C1. The van der Waals surface area contributed by atoms with Gasteiger partial charge in [-0.3, -0.25) is 9.69 Å². The van der Waals surface area contributed by atoms with E-state index in [2.05, 4.69) is 10.6 Å². The van der Waals surface area contributed by atoms with Crippen molar-refractivity contribution in [1.82, 2.24) is 15.5 Å². The van der Waals surface area contributed by atoms with E-state index in [0.717, 1.165) is 25.9 Å². The van der Waals surface area contributed by atoms with Crippen LogP contribution in [0.3, 0.4) is 0 Å². The zero-order chi connectivity index (χ0) is 14.6. The number of hydrogen-bond donors (Lipinski definition) is 2. The largest absolute Gasteiger partial charge is 0.401 e. The Bertz CT molecular complexity index is 339. The van der Waals surface area contributed by atoms with Gasteiger partial charge in [0, 0.05) is 19.5 Å². The van der Waals surface area contributed by atoms with E-state index in [1.807, 2.05) is 0 Å². The van der Waals surface area contributed by atoms with E-state index in [1.165, 1.54) is 4.90 Å². The van der Waals surface area contributed by atoms with Gasteiger partial charge in [0.25, 0.3) is 0 Å². The van der Waals surface area contributed by atoms with Crippen LogP contribution in [-0.4, -0.2) is 56.3 Å². The average molecular weight is 366 g/mol. The molecule has 2 aliphatic rings. The van der Waals surface area contributed by atoms with Gasteiger partial charge in [-0.2, -0.15) is 13.2 Å². The van der Waals surface area contributed by atoms with Crippen molar-refractivity contribution < 1.29 is 18.0 Å². The first kappa shape index (κ1) is 21.8. The summed E-state index contributed by atoms with van der Waals surface area (Å²) in [7, 11) is 0. The summed E-state index contributed by atoms with van der Waals surface area (Å²) in [6.07, 6.45) is -1.86. The predicted octanol–water partition coefficient (Wildman–Crippen LogP) is 1.83. The van der Waals surface area contributed by atoms with Gasteiger partial charge in [0.1, 0.15) is 0 Å². The number of alkyl halides is 3. The predicted molar refractivity (Wildman–Crippen MR) is 83.7 cm³/mol. The molecule has 0 bridgehead atoms. The second-order valence-electron chi connectivity index (χ2n) is 5.87. The highest BCUT2D eigenvalue weighted by Crippen LogP contribution is 2.22. The lowest BCUT2D eigenvalue weighted by molar-refractivity contribution is -0.143. The highest BCUT2D eigenvalue weighted by Gasteiger charge is 2.34. The monoisotopic (exact) mass is 365 g/mol. The van der Waals surface area contributed by atoms with Crippen molar-refractivity contribution in [2.75, 3.05) is 39.3 Å². The third kappa shape index (κ3) is 7.85. The molecule has 0 aromatic heterocycles. The van der Waals surface area contributed by atoms with Gasteiger partial charge in [-0.25, -0.2) is 0 Å². The molecular formula is C13H24Cl2F3N3O. The van der Waals surface area contributed by atoms with Gasteiger partial charge in [0.15, 0.2) is 0 Å². The van der Waals surface area contributed by atoms with Crippen LogP contribution >= 0.6 is 24.8 Å². The minimum Gasteiger partial charge on any atom is -0.356 e. The second-order valence-corrected chi connectivity index (χ2v) is 5.87. The van der Waals surface area contributed by atoms with E-state index in [4.69, 9.17) is 0 Å². The first-order valence-corrected chi connectivity index (χ1v) is 7.19. The minimum absolute atomic E-state index is 0. The molecule has 2 atom stereocenters. The molecule has 2 rings (SSSR count). The summed E-state index contributed by atoms with van der Waals surface area (Å²) in [5, 5.41) is 6.07. The van der Waals surface area contributed by atoms with E-state index >= 15 is 0 Å².